The van der Waals surface area contributed by atoms with Crippen LogP contribution in [-0.4, -0.2) is 40.9 Å². The molecule has 0 aliphatic rings. The third kappa shape index (κ3) is 10.4. The van der Waals surface area contributed by atoms with Crippen molar-refractivity contribution in [1.82, 2.24) is 0 Å². The fraction of sp³-hybridized carbons (Fsp3) is 0.636. The first kappa shape index (κ1) is 22.9. The predicted molar refractivity (Wildman–Crippen MR) is 86.2 cm³/mol. The maximum Gasteiger partial charge on any atom is 0.344 e. The zero-order valence-electron chi connectivity index (χ0n) is 12.8. The third-order valence-corrected chi connectivity index (χ3v) is 7.70. The normalized spacial score (nSPS) is 15.3. The Kier molecular flexibility index (Phi) is 8.83. The van der Waals surface area contributed by atoms with E-state index in [-0.39, 0.29) is 18.2 Å². The van der Waals surface area contributed by atoms with E-state index in [0.29, 0.717) is 12.8 Å². The molecule has 0 aromatic carbocycles. The molecule has 0 aliphatic heterocycles. The van der Waals surface area contributed by atoms with E-state index in [1.807, 2.05) is 0 Å². The van der Waals surface area contributed by atoms with Crippen molar-refractivity contribution >= 4 is 22.8 Å². The summed E-state index contributed by atoms with van der Waals surface area (Å²) in [6, 6.07) is 0. The standard InChI is InChI=1S/C11H23O9P3/c1-9(6-4-8-21(12,13)14)5-3-7-10(2)11(22(15,16)17)23(18,19)20/h6-7,11H,3-5,8H2,1-2H3,(H2,12,13,14)(H2,15,16,17)(H2,18,19,20). The van der Waals surface area contributed by atoms with Gasteiger partial charge in [-0.2, -0.15) is 0 Å². The van der Waals surface area contributed by atoms with Gasteiger partial charge in [0.05, 0.1) is 6.16 Å². The lowest BCUT2D eigenvalue weighted by atomic mass is 10.1. The SMILES string of the molecule is CC(=CCCP(=O)(O)O)CCC=C(C)C(P(=O)(O)O)P(=O)(O)O. The van der Waals surface area contributed by atoms with Gasteiger partial charge in [-0.15, -0.1) is 0 Å². The molecule has 0 fully saturated rings. The molecule has 0 amide bonds. The highest BCUT2D eigenvalue weighted by molar-refractivity contribution is 7.71. The van der Waals surface area contributed by atoms with Crippen LogP contribution < -0.4 is 0 Å². The highest BCUT2D eigenvalue weighted by Gasteiger charge is 2.44. The molecule has 0 heterocycles. The minimum atomic E-state index is -4.99. The van der Waals surface area contributed by atoms with Crippen LogP contribution in [0.1, 0.15) is 33.1 Å². The summed E-state index contributed by atoms with van der Waals surface area (Å²) in [5, 5.41) is -2.14. The first-order valence-corrected chi connectivity index (χ1v) is 11.8. The fourth-order valence-electron chi connectivity index (χ4n) is 1.94. The molecule has 0 bridgehead atoms. The molecule has 0 radical (unpaired) electrons. The van der Waals surface area contributed by atoms with E-state index in [9.17, 15) is 13.7 Å². The minimum absolute atomic E-state index is 0.0883. The highest BCUT2D eigenvalue weighted by Crippen LogP contribution is 2.62. The summed E-state index contributed by atoms with van der Waals surface area (Å²) >= 11 is 0. The number of hydrogen-bond acceptors (Lipinski definition) is 3. The van der Waals surface area contributed by atoms with Crippen molar-refractivity contribution in [1.29, 1.82) is 0 Å². The molecule has 0 aromatic heterocycles. The van der Waals surface area contributed by atoms with E-state index in [1.54, 1.807) is 13.0 Å². The summed E-state index contributed by atoms with van der Waals surface area (Å²) < 4.78 is 33.1. The Morgan fingerprint density at radius 3 is 1.74 bits per heavy atom. The summed E-state index contributed by atoms with van der Waals surface area (Å²) in [7, 11) is -14.0. The molecule has 6 N–H and O–H groups in total. The van der Waals surface area contributed by atoms with Gasteiger partial charge in [-0.3, -0.25) is 13.7 Å². The van der Waals surface area contributed by atoms with E-state index in [1.165, 1.54) is 13.0 Å². The molecule has 9 nitrogen and oxygen atoms in total. The number of allylic oxidation sites excluding steroid dienone is 4. The number of hydrogen-bond donors (Lipinski definition) is 6. The van der Waals surface area contributed by atoms with Gasteiger partial charge >= 0.3 is 22.8 Å². The van der Waals surface area contributed by atoms with Gasteiger partial charge in [-0.05, 0) is 33.1 Å². The molecule has 0 aliphatic carbocycles. The average molecular weight is 392 g/mol. The van der Waals surface area contributed by atoms with Crippen LogP contribution in [0.25, 0.3) is 0 Å². The first-order valence-electron chi connectivity index (χ1n) is 6.62. The zero-order valence-corrected chi connectivity index (χ0v) is 15.5. The summed E-state index contributed by atoms with van der Waals surface area (Å²) in [5.74, 6) is 0. The average Bonchev–Trinajstić information content (AvgIpc) is 2.22. The van der Waals surface area contributed by atoms with Gasteiger partial charge in [0, 0.05) is 0 Å². The van der Waals surface area contributed by atoms with E-state index in [0.717, 1.165) is 5.57 Å². The summed E-state index contributed by atoms with van der Waals surface area (Å²) in [6.07, 6.45) is 3.66. The smallest absolute Gasteiger partial charge is 0.324 e. The molecular weight excluding hydrogens is 369 g/mol. The Balaban J connectivity index is 4.77. The van der Waals surface area contributed by atoms with E-state index >= 15 is 0 Å². The Bertz CT molecular complexity index is 570. The number of rotatable bonds is 9. The highest BCUT2D eigenvalue weighted by atomic mass is 31.2. The van der Waals surface area contributed by atoms with Crippen LogP contribution in [0.5, 0.6) is 0 Å². The molecule has 0 atom stereocenters. The van der Waals surface area contributed by atoms with Crippen molar-refractivity contribution < 1.29 is 43.1 Å². The molecule has 0 rings (SSSR count). The molecule has 136 valence electrons. The van der Waals surface area contributed by atoms with Crippen molar-refractivity contribution in [2.24, 2.45) is 0 Å². The Labute approximate surface area is 134 Å². The fourth-order valence-corrected chi connectivity index (χ4v) is 5.25. The van der Waals surface area contributed by atoms with Crippen molar-refractivity contribution in [2.45, 2.75) is 38.5 Å². The van der Waals surface area contributed by atoms with Gasteiger partial charge in [-0.1, -0.05) is 23.3 Å². The van der Waals surface area contributed by atoms with Gasteiger partial charge in [0.15, 0.2) is 5.40 Å². The van der Waals surface area contributed by atoms with Gasteiger partial charge in [0.1, 0.15) is 0 Å². The minimum Gasteiger partial charge on any atom is -0.324 e. The Hall–Kier alpha value is -0.0700. The second-order valence-electron chi connectivity index (χ2n) is 5.27. The van der Waals surface area contributed by atoms with Crippen molar-refractivity contribution in [3.8, 4) is 0 Å². The lowest BCUT2D eigenvalue weighted by Crippen LogP contribution is -2.10. The lowest BCUT2D eigenvalue weighted by Gasteiger charge is -2.20. The molecule has 23 heavy (non-hydrogen) atoms. The van der Waals surface area contributed by atoms with Crippen LogP contribution in [0, 0.1) is 0 Å². The first-order chi connectivity index (χ1) is 10.1. The third-order valence-electron chi connectivity index (χ3n) is 2.96. The van der Waals surface area contributed by atoms with Crippen LogP contribution >= 0.6 is 22.8 Å². The molecule has 0 saturated heterocycles. The summed E-state index contributed by atoms with van der Waals surface area (Å²) in [5.41, 5.74) is 0.723. The van der Waals surface area contributed by atoms with Crippen LogP contribution in [0.15, 0.2) is 23.3 Å². The Morgan fingerprint density at radius 1 is 0.870 bits per heavy atom. The van der Waals surface area contributed by atoms with Crippen LogP contribution in [0.4, 0.5) is 0 Å². The van der Waals surface area contributed by atoms with Crippen LogP contribution in [0.2, 0.25) is 0 Å². The van der Waals surface area contributed by atoms with Crippen molar-refractivity contribution in [3.63, 3.8) is 0 Å². The topological polar surface area (TPSA) is 173 Å². The molecule has 0 saturated carbocycles. The lowest BCUT2D eigenvalue weighted by molar-refractivity contribution is 0.344. The van der Waals surface area contributed by atoms with Gasteiger partial charge in [0.2, 0.25) is 0 Å². The van der Waals surface area contributed by atoms with Gasteiger partial charge < -0.3 is 29.4 Å². The van der Waals surface area contributed by atoms with Crippen LogP contribution in [-0.2, 0) is 13.7 Å². The van der Waals surface area contributed by atoms with Crippen molar-refractivity contribution in [2.75, 3.05) is 6.16 Å². The molecule has 0 aromatic rings. The maximum absolute atomic E-state index is 11.2. The van der Waals surface area contributed by atoms with Crippen molar-refractivity contribution in [3.05, 3.63) is 23.3 Å². The molecule has 12 heteroatoms. The largest absolute Gasteiger partial charge is 0.344 e. The maximum atomic E-state index is 11.2. The van der Waals surface area contributed by atoms with E-state index in [4.69, 9.17) is 29.4 Å². The predicted octanol–water partition coefficient (Wildman–Crippen LogP) is 1.91. The zero-order chi connectivity index (χ0) is 18.5. The monoisotopic (exact) mass is 392 g/mol. The van der Waals surface area contributed by atoms with E-state index < -0.39 is 28.2 Å². The van der Waals surface area contributed by atoms with E-state index in [2.05, 4.69) is 0 Å². The molecule has 0 spiro atoms. The van der Waals surface area contributed by atoms with Gasteiger partial charge in [0.25, 0.3) is 0 Å². The second-order valence-corrected chi connectivity index (χ2v) is 10.8. The van der Waals surface area contributed by atoms with Gasteiger partial charge in [-0.25, -0.2) is 0 Å². The summed E-state index contributed by atoms with van der Waals surface area (Å²) in [6.45, 7) is 2.97. The van der Waals surface area contributed by atoms with Crippen LogP contribution in [0.3, 0.4) is 0 Å². The molecular formula is C11H23O9P3. The quantitative estimate of drug-likeness (QED) is 0.253. The Morgan fingerprint density at radius 2 is 1.35 bits per heavy atom. The molecule has 0 unspecified atom stereocenters. The second kappa shape index (κ2) is 8.86. The summed E-state index contributed by atoms with van der Waals surface area (Å²) in [4.78, 5) is 53.7.